The van der Waals surface area contributed by atoms with Gasteiger partial charge in [0.1, 0.15) is 18.1 Å². The summed E-state index contributed by atoms with van der Waals surface area (Å²) in [5, 5.41) is -0.469. The number of nitrogen functional groups attached to an aromatic ring is 1. The van der Waals surface area contributed by atoms with Gasteiger partial charge in [0.05, 0.1) is 39.8 Å². The van der Waals surface area contributed by atoms with Crippen LogP contribution in [0, 0.1) is 0 Å². The van der Waals surface area contributed by atoms with Crippen LogP contribution in [0.5, 0.6) is 11.5 Å². The fourth-order valence-electron chi connectivity index (χ4n) is 2.73. The first kappa shape index (κ1) is 23.8. The monoisotopic (exact) mass is 443 g/mol. The molecule has 0 radical (unpaired) electrons. The van der Waals surface area contributed by atoms with E-state index in [4.69, 9.17) is 26.8 Å². The molecule has 9 heteroatoms. The Morgan fingerprint density at radius 3 is 2.37 bits per heavy atom. The van der Waals surface area contributed by atoms with Gasteiger partial charge in [-0.1, -0.05) is 17.7 Å². The van der Waals surface area contributed by atoms with E-state index in [0.29, 0.717) is 42.5 Å². The molecule has 5 nitrogen and oxygen atoms in total. The molecule has 2 rings (SSSR count). The van der Waals surface area contributed by atoms with Crippen LogP contribution in [0.4, 0.5) is 24.5 Å². The Morgan fingerprint density at radius 1 is 1.17 bits per heavy atom. The zero-order valence-electron chi connectivity index (χ0n) is 17.3. The first-order valence-electron chi connectivity index (χ1n) is 9.29. The highest BCUT2D eigenvalue weighted by molar-refractivity contribution is 6.32. The number of hydrogen-bond acceptors (Lipinski definition) is 5. The van der Waals surface area contributed by atoms with Crippen molar-refractivity contribution in [2.45, 2.75) is 20.0 Å². The van der Waals surface area contributed by atoms with Crippen molar-refractivity contribution in [1.82, 2.24) is 4.90 Å². The zero-order valence-corrected chi connectivity index (χ0v) is 18.1. The van der Waals surface area contributed by atoms with Gasteiger partial charge in [-0.2, -0.15) is 13.2 Å². The van der Waals surface area contributed by atoms with Crippen LogP contribution in [-0.2, 0) is 6.18 Å². The lowest BCUT2D eigenvalue weighted by Crippen LogP contribution is -2.20. The van der Waals surface area contributed by atoms with E-state index in [0.717, 1.165) is 12.1 Å². The van der Waals surface area contributed by atoms with E-state index < -0.39 is 16.8 Å². The van der Waals surface area contributed by atoms with Crippen LogP contribution in [0.15, 0.2) is 35.3 Å². The fourth-order valence-corrected chi connectivity index (χ4v) is 3.00. The molecule has 0 aliphatic rings. The van der Waals surface area contributed by atoms with Gasteiger partial charge in [-0.25, -0.2) is 0 Å². The van der Waals surface area contributed by atoms with Crippen LogP contribution in [-0.4, -0.2) is 44.5 Å². The second kappa shape index (κ2) is 10.0. The highest BCUT2D eigenvalue weighted by Gasteiger charge is 2.34. The molecule has 0 fully saturated rings. The Morgan fingerprint density at radius 2 is 1.80 bits per heavy atom. The summed E-state index contributed by atoms with van der Waals surface area (Å²) in [5.41, 5.74) is 5.91. The van der Waals surface area contributed by atoms with Crippen LogP contribution in [0.25, 0.3) is 0 Å². The number of ether oxygens (including phenoxy) is 2. The number of halogens is 4. The molecular weight excluding hydrogens is 419 g/mol. The number of benzene rings is 2. The predicted molar refractivity (Wildman–Crippen MR) is 114 cm³/mol. The molecule has 0 saturated heterocycles. The SMILES string of the molecule is CCOc1cccc(OCCN(C)C)c1C(C)=Nc1cc(Cl)c(C(F)(F)F)cc1N. The lowest BCUT2D eigenvalue weighted by atomic mass is 10.1. The molecule has 0 aliphatic heterocycles. The molecule has 0 saturated carbocycles. The van der Waals surface area contributed by atoms with Gasteiger partial charge in [0.2, 0.25) is 0 Å². The van der Waals surface area contributed by atoms with Gasteiger partial charge in [-0.3, -0.25) is 4.99 Å². The van der Waals surface area contributed by atoms with Crippen molar-refractivity contribution >= 4 is 28.7 Å². The average molecular weight is 444 g/mol. The van der Waals surface area contributed by atoms with E-state index in [2.05, 4.69) is 4.99 Å². The highest BCUT2D eigenvalue weighted by Crippen LogP contribution is 2.40. The molecule has 2 aromatic carbocycles. The maximum Gasteiger partial charge on any atom is 0.417 e. The van der Waals surface area contributed by atoms with Gasteiger partial charge >= 0.3 is 6.18 Å². The van der Waals surface area contributed by atoms with E-state index in [1.165, 1.54) is 0 Å². The third kappa shape index (κ3) is 6.03. The fraction of sp³-hybridized carbons (Fsp3) is 0.381. The molecule has 0 spiro atoms. The molecule has 2 aromatic rings. The largest absolute Gasteiger partial charge is 0.493 e. The van der Waals surface area contributed by atoms with E-state index in [1.807, 2.05) is 25.9 Å². The summed E-state index contributed by atoms with van der Waals surface area (Å²) < 4.78 is 50.7. The number of alkyl halides is 3. The molecule has 0 heterocycles. The third-order valence-corrected chi connectivity index (χ3v) is 4.47. The summed E-state index contributed by atoms with van der Waals surface area (Å²) in [4.78, 5) is 6.41. The van der Waals surface area contributed by atoms with Crippen LogP contribution < -0.4 is 15.2 Å². The first-order chi connectivity index (χ1) is 14.0. The van der Waals surface area contributed by atoms with Crippen molar-refractivity contribution in [1.29, 1.82) is 0 Å². The summed E-state index contributed by atoms with van der Waals surface area (Å²) in [5.74, 6) is 1.11. The zero-order chi connectivity index (χ0) is 22.5. The minimum atomic E-state index is -4.60. The standard InChI is InChI=1S/C21H25ClF3N3O2/c1-5-29-18-7-6-8-19(30-10-9-28(3)4)20(18)13(2)27-17-12-15(22)14(11-16(17)26)21(23,24)25/h6-8,11-12H,5,9-10,26H2,1-4H3. The van der Waals surface area contributed by atoms with E-state index in [-0.39, 0.29) is 11.4 Å². The summed E-state index contributed by atoms with van der Waals surface area (Å²) in [6.45, 7) is 5.13. The second-order valence-electron chi connectivity index (χ2n) is 6.80. The third-order valence-electron chi connectivity index (χ3n) is 4.16. The number of anilines is 1. The topological polar surface area (TPSA) is 60.1 Å². The lowest BCUT2D eigenvalue weighted by Gasteiger charge is -2.17. The van der Waals surface area contributed by atoms with Crippen LogP contribution in [0.2, 0.25) is 5.02 Å². The van der Waals surface area contributed by atoms with Crippen molar-refractivity contribution in [3.05, 3.63) is 46.5 Å². The molecule has 0 unspecified atom stereocenters. The second-order valence-corrected chi connectivity index (χ2v) is 7.21. The van der Waals surface area contributed by atoms with Gasteiger partial charge in [-0.05, 0) is 52.2 Å². The summed E-state index contributed by atoms with van der Waals surface area (Å²) in [6.07, 6.45) is -4.60. The van der Waals surface area contributed by atoms with Gasteiger partial charge in [0, 0.05) is 6.54 Å². The van der Waals surface area contributed by atoms with E-state index in [1.54, 1.807) is 25.1 Å². The minimum Gasteiger partial charge on any atom is -0.493 e. The maximum atomic E-state index is 13.0. The summed E-state index contributed by atoms with van der Waals surface area (Å²) in [7, 11) is 3.87. The van der Waals surface area contributed by atoms with Crippen LogP contribution >= 0.6 is 11.6 Å². The average Bonchev–Trinajstić information content (AvgIpc) is 2.63. The molecular formula is C21H25ClF3N3O2. The van der Waals surface area contributed by atoms with Crippen molar-refractivity contribution in [3.63, 3.8) is 0 Å². The Bertz CT molecular complexity index is 915. The molecule has 2 N–H and O–H groups in total. The Hall–Kier alpha value is -2.45. The molecule has 0 atom stereocenters. The highest BCUT2D eigenvalue weighted by atomic mass is 35.5. The quantitative estimate of drug-likeness (QED) is 0.437. The number of nitrogens with zero attached hydrogens (tertiary/aromatic N) is 2. The number of hydrogen-bond donors (Lipinski definition) is 1. The smallest absolute Gasteiger partial charge is 0.417 e. The lowest BCUT2D eigenvalue weighted by molar-refractivity contribution is -0.137. The summed E-state index contributed by atoms with van der Waals surface area (Å²) in [6, 6.07) is 7.27. The Kier molecular flexibility index (Phi) is 7.97. The van der Waals surface area contributed by atoms with Crippen molar-refractivity contribution in [2.24, 2.45) is 4.99 Å². The van der Waals surface area contributed by atoms with E-state index >= 15 is 0 Å². The van der Waals surface area contributed by atoms with Gasteiger partial charge in [-0.15, -0.1) is 0 Å². The van der Waals surface area contributed by atoms with E-state index in [9.17, 15) is 13.2 Å². The van der Waals surface area contributed by atoms with Crippen LogP contribution in [0.3, 0.4) is 0 Å². The number of likely N-dealkylation sites (N-methyl/N-ethyl adjacent to an activating group) is 1. The first-order valence-corrected chi connectivity index (χ1v) is 9.67. The molecule has 0 amide bonds. The Labute approximate surface area is 179 Å². The molecule has 164 valence electrons. The number of nitrogens with two attached hydrogens (primary N) is 1. The summed E-state index contributed by atoms with van der Waals surface area (Å²) >= 11 is 5.83. The molecule has 30 heavy (non-hydrogen) atoms. The van der Waals surface area contributed by atoms with Gasteiger partial charge in [0.15, 0.2) is 0 Å². The normalized spacial score (nSPS) is 12.4. The molecule has 0 aromatic heterocycles. The van der Waals surface area contributed by atoms with Crippen molar-refractivity contribution < 1.29 is 22.6 Å². The van der Waals surface area contributed by atoms with Gasteiger partial charge in [0.25, 0.3) is 0 Å². The minimum absolute atomic E-state index is 0.130. The number of aliphatic imine (C=N–C) groups is 1. The van der Waals surface area contributed by atoms with Gasteiger partial charge < -0.3 is 20.1 Å². The predicted octanol–water partition coefficient (Wildman–Crippen LogP) is 5.42. The molecule has 0 bridgehead atoms. The maximum absolute atomic E-state index is 13.0. The van der Waals surface area contributed by atoms with Crippen molar-refractivity contribution in [3.8, 4) is 11.5 Å². The molecule has 0 aliphatic carbocycles. The Balaban J connectivity index is 2.49. The number of rotatable bonds is 8. The van der Waals surface area contributed by atoms with Crippen LogP contribution in [0.1, 0.15) is 25.0 Å². The van der Waals surface area contributed by atoms with Crippen molar-refractivity contribution in [2.75, 3.05) is 39.6 Å².